The summed E-state index contributed by atoms with van der Waals surface area (Å²) in [7, 11) is 0. The number of hydrogen-bond donors (Lipinski definition) is 3. The molecule has 21 heavy (non-hydrogen) atoms. The molecule has 2 rings (SSSR count). The second kappa shape index (κ2) is 6.23. The predicted molar refractivity (Wildman–Crippen MR) is 78.1 cm³/mol. The third-order valence-corrected chi connectivity index (χ3v) is 3.26. The first kappa shape index (κ1) is 14.8. The van der Waals surface area contributed by atoms with Crippen molar-refractivity contribution >= 4 is 5.69 Å². The third kappa shape index (κ3) is 3.49. The fraction of sp³-hybridized carbons (Fsp3) is 0.200. The van der Waals surface area contributed by atoms with Gasteiger partial charge in [0.15, 0.2) is 0 Å². The lowest BCUT2D eigenvalue weighted by atomic mass is 10.1. The number of nitrogens with zero attached hydrogens (tertiary/aromatic N) is 1. The van der Waals surface area contributed by atoms with Crippen LogP contribution in [0, 0.1) is 10.1 Å². The van der Waals surface area contributed by atoms with E-state index in [2.05, 4.69) is 5.32 Å². The van der Waals surface area contributed by atoms with Gasteiger partial charge in [0.05, 0.1) is 4.92 Å². The molecule has 0 bridgehead atoms. The largest absolute Gasteiger partial charge is 0.508 e. The number of benzene rings is 2. The van der Waals surface area contributed by atoms with Crippen molar-refractivity contribution < 1.29 is 15.1 Å². The van der Waals surface area contributed by atoms with Gasteiger partial charge in [0, 0.05) is 29.8 Å². The summed E-state index contributed by atoms with van der Waals surface area (Å²) in [6.07, 6.45) is 0. The van der Waals surface area contributed by atoms with Gasteiger partial charge in [-0.05, 0) is 25.1 Å². The summed E-state index contributed by atoms with van der Waals surface area (Å²) in [5.41, 5.74) is 1.15. The second-order valence-corrected chi connectivity index (χ2v) is 4.73. The van der Waals surface area contributed by atoms with E-state index in [4.69, 9.17) is 0 Å². The Hall–Kier alpha value is -2.60. The normalized spacial score (nSPS) is 12.0. The highest BCUT2D eigenvalue weighted by molar-refractivity contribution is 5.42. The number of nitrogens with one attached hydrogen (secondary N) is 1. The molecule has 0 aromatic heterocycles. The van der Waals surface area contributed by atoms with Crippen LogP contribution in [0.25, 0.3) is 0 Å². The molecule has 0 saturated carbocycles. The molecule has 2 aromatic carbocycles. The van der Waals surface area contributed by atoms with Crippen LogP contribution in [0.2, 0.25) is 0 Å². The summed E-state index contributed by atoms with van der Waals surface area (Å²) >= 11 is 0. The summed E-state index contributed by atoms with van der Waals surface area (Å²) in [4.78, 5) is 10.5. The number of hydrogen-bond acceptors (Lipinski definition) is 5. The lowest BCUT2D eigenvalue weighted by molar-refractivity contribution is -0.385. The molecule has 0 aliphatic heterocycles. The first-order valence-electron chi connectivity index (χ1n) is 6.46. The van der Waals surface area contributed by atoms with Gasteiger partial charge in [-0.3, -0.25) is 10.1 Å². The topological polar surface area (TPSA) is 95.6 Å². The number of phenols is 2. The van der Waals surface area contributed by atoms with Gasteiger partial charge in [0.2, 0.25) is 0 Å². The molecule has 0 amide bonds. The molecule has 6 nitrogen and oxygen atoms in total. The minimum Gasteiger partial charge on any atom is -0.508 e. The smallest absolute Gasteiger partial charge is 0.273 e. The second-order valence-electron chi connectivity index (χ2n) is 4.73. The zero-order valence-electron chi connectivity index (χ0n) is 11.5. The van der Waals surface area contributed by atoms with Crippen LogP contribution in [0.5, 0.6) is 11.5 Å². The van der Waals surface area contributed by atoms with Crippen LogP contribution in [0.3, 0.4) is 0 Å². The van der Waals surface area contributed by atoms with Crippen molar-refractivity contribution in [3.05, 3.63) is 63.7 Å². The van der Waals surface area contributed by atoms with Gasteiger partial charge >= 0.3 is 0 Å². The van der Waals surface area contributed by atoms with Gasteiger partial charge in [-0.2, -0.15) is 0 Å². The zero-order chi connectivity index (χ0) is 15.4. The summed E-state index contributed by atoms with van der Waals surface area (Å²) in [6, 6.07) is 10.5. The van der Waals surface area contributed by atoms with Crippen molar-refractivity contribution in [2.24, 2.45) is 0 Å². The van der Waals surface area contributed by atoms with E-state index in [0.29, 0.717) is 11.1 Å². The standard InChI is InChI=1S/C15H16N2O4/c1-10(13-8-12(18)6-7-15(13)19)16-9-11-4-2-3-5-14(11)17(20)21/h2-8,10,16,18-19H,9H2,1H3. The maximum absolute atomic E-state index is 10.9. The zero-order valence-corrected chi connectivity index (χ0v) is 11.5. The van der Waals surface area contributed by atoms with Crippen molar-refractivity contribution in [2.75, 3.05) is 0 Å². The Morgan fingerprint density at radius 2 is 1.95 bits per heavy atom. The molecule has 110 valence electrons. The minimum atomic E-state index is -0.423. The Morgan fingerprint density at radius 3 is 2.67 bits per heavy atom. The molecule has 0 radical (unpaired) electrons. The first-order valence-corrected chi connectivity index (χ1v) is 6.46. The van der Waals surface area contributed by atoms with Gasteiger partial charge in [0.1, 0.15) is 11.5 Å². The molecule has 0 aliphatic rings. The van der Waals surface area contributed by atoms with Crippen molar-refractivity contribution in [2.45, 2.75) is 19.5 Å². The van der Waals surface area contributed by atoms with E-state index in [9.17, 15) is 20.3 Å². The van der Waals surface area contributed by atoms with E-state index in [0.717, 1.165) is 0 Å². The molecule has 1 unspecified atom stereocenters. The van der Waals surface area contributed by atoms with Gasteiger partial charge in [0.25, 0.3) is 5.69 Å². The van der Waals surface area contributed by atoms with Crippen LogP contribution in [-0.4, -0.2) is 15.1 Å². The molecular weight excluding hydrogens is 272 g/mol. The number of nitro benzene ring substituents is 1. The van der Waals surface area contributed by atoms with E-state index in [1.807, 2.05) is 6.92 Å². The Kier molecular flexibility index (Phi) is 4.39. The highest BCUT2D eigenvalue weighted by Crippen LogP contribution is 2.28. The van der Waals surface area contributed by atoms with Crippen molar-refractivity contribution in [1.29, 1.82) is 0 Å². The Balaban J connectivity index is 2.13. The molecular formula is C15H16N2O4. The Labute approximate surface area is 121 Å². The lowest BCUT2D eigenvalue weighted by Crippen LogP contribution is -2.18. The highest BCUT2D eigenvalue weighted by Gasteiger charge is 2.15. The summed E-state index contributed by atoms with van der Waals surface area (Å²) in [5.74, 6) is 0.123. The summed E-state index contributed by atoms with van der Waals surface area (Å²) in [5, 5.41) is 33.3. The quantitative estimate of drug-likeness (QED) is 0.446. The van der Waals surface area contributed by atoms with Crippen molar-refractivity contribution in [1.82, 2.24) is 5.32 Å². The summed E-state index contributed by atoms with van der Waals surface area (Å²) in [6.45, 7) is 2.09. The fourth-order valence-electron chi connectivity index (χ4n) is 2.10. The number of phenolic OH excluding ortho intramolecular Hbond substituents is 2. The minimum absolute atomic E-state index is 0.0531. The van der Waals surface area contributed by atoms with Crippen molar-refractivity contribution in [3.8, 4) is 11.5 Å². The van der Waals surface area contributed by atoms with Crippen LogP contribution >= 0.6 is 0 Å². The molecule has 0 aliphatic carbocycles. The summed E-state index contributed by atoms with van der Waals surface area (Å²) < 4.78 is 0. The van der Waals surface area contributed by atoms with Gasteiger partial charge in [-0.15, -0.1) is 0 Å². The van der Waals surface area contributed by atoms with E-state index >= 15 is 0 Å². The number of rotatable bonds is 5. The number of para-hydroxylation sites is 1. The monoisotopic (exact) mass is 288 g/mol. The van der Waals surface area contributed by atoms with Crippen LogP contribution in [0.1, 0.15) is 24.1 Å². The van der Waals surface area contributed by atoms with E-state index in [1.54, 1.807) is 18.2 Å². The van der Waals surface area contributed by atoms with Gasteiger partial charge in [-0.1, -0.05) is 18.2 Å². The molecule has 0 spiro atoms. The number of aromatic hydroxyl groups is 2. The molecule has 6 heteroatoms. The fourth-order valence-corrected chi connectivity index (χ4v) is 2.10. The van der Waals surface area contributed by atoms with Gasteiger partial charge in [-0.25, -0.2) is 0 Å². The van der Waals surface area contributed by atoms with E-state index < -0.39 is 4.92 Å². The lowest BCUT2D eigenvalue weighted by Gasteiger charge is -2.16. The molecule has 1 atom stereocenters. The van der Waals surface area contributed by atoms with Crippen molar-refractivity contribution in [3.63, 3.8) is 0 Å². The maximum atomic E-state index is 10.9. The number of nitro groups is 1. The van der Waals surface area contributed by atoms with Crippen LogP contribution in [-0.2, 0) is 6.54 Å². The SMILES string of the molecule is CC(NCc1ccccc1[N+](=O)[O-])c1cc(O)ccc1O. The average Bonchev–Trinajstić information content (AvgIpc) is 2.47. The van der Waals surface area contributed by atoms with Crippen LogP contribution < -0.4 is 5.32 Å². The molecule has 0 saturated heterocycles. The average molecular weight is 288 g/mol. The Morgan fingerprint density at radius 1 is 1.24 bits per heavy atom. The molecule has 0 fully saturated rings. The van der Waals surface area contributed by atoms with E-state index in [-0.39, 0.29) is 29.8 Å². The predicted octanol–water partition coefficient (Wildman–Crippen LogP) is 2.86. The van der Waals surface area contributed by atoms with Crippen LogP contribution in [0.15, 0.2) is 42.5 Å². The van der Waals surface area contributed by atoms with E-state index in [1.165, 1.54) is 24.3 Å². The first-order chi connectivity index (χ1) is 9.99. The third-order valence-electron chi connectivity index (χ3n) is 3.26. The van der Waals surface area contributed by atoms with Crippen LogP contribution in [0.4, 0.5) is 5.69 Å². The molecule has 3 N–H and O–H groups in total. The molecule has 2 aromatic rings. The molecule has 0 heterocycles. The maximum Gasteiger partial charge on any atom is 0.273 e. The highest BCUT2D eigenvalue weighted by atomic mass is 16.6. The van der Waals surface area contributed by atoms with Gasteiger partial charge < -0.3 is 15.5 Å². The Bertz CT molecular complexity index is 658.